The number of Topliss-reactive ketones (excluding diaryl/α,β-unsaturated/α-hetero) is 1. The highest BCUT2D eigenvalue weighted by Gasteiger charge is 2.29. The predicted octanol–water partition coefficient (Wildman–Crippen LogP) is 2.37. The molecule has 0 bridgehead atoms. The minimum absolute atomic E-state index is 0.0595. The van der Waals surface area contributed by atoms with Crippen LogP contribution in [0.4, 0.5) is 5.82 Å². The lowest BCUT2D eigenvalue weighted by atomic mass is 9.89. The second-order valence-corrected chi connectivity index (χ2v) is 6.10. The molecule has 1 aliphatic heterocycles. The molecule has 26 heavy (non-hydrogen) atoms. The van der Waals surface area contributed by atoms with E-state index in [9.17, 15) is 9.59 Å². The molecule has 7 nitrogen and oxygen atoms in total. The summed E-state index contributed by atoms with van der Waals surface area (Å²) in [6, 6.07) is 7.26. The van der Waals surface area contributed by atoms with Gasteiger partial charge in [-0.15, -0.1) is 0 Å². The molecule has 0 saturated carbocycles. The van der Waals surface area contributed by atoms with E-state index in [1.54, 1.807) is 25.4 Å². The molecular formula is C19H21N3O4. The highest BCUT2D eigenvalue weighted by atomic mass is 16.5. The van der Waals surface area contributed by atoms with Gasteiger partial charge in [-0.2, -0.15) is 0 Å². The zero-order chi connectivity index (χ0) is 18.5. The summed E-state index contributed by atoms with van der Waals surface area (Å²) < 4.78 is 10.0. The number of rotatable bonds is 5. The van der Waals surface area contributed by atoms with Gasteiger partial charge < -0.3 is 14.4 Å². The summed E-state index contributed by atoms with van der Waals surface area (Å²) in [6.07, 6.45) is 4.63. The topological polar surface area (TPSA) is 81.6 Å². The van der Waals surface area contributed by atoms with Crippen LogP contribution in [0.15, 0.2) is 36.7 Å². The fraction of sp³-hybridized carbons (Fsp3) is 0.368. The molecule has 0 radical (unpaired) electrons. The third-order valence-electron chi connectivity index (χ3n) is 4.50. The molecule has 7 heteroatoms. The summed E-state index contributed by atoms with van der Waals surface area (Å²) in [4.78, 5) is 35.0. The number of hydrogen-bond acceptors (Lipinski definition) is 7. The third kappa shape index (κ3) is 3.66. The van der Waals surface area contributed by atoms with Gasteiger partial charge in [0.25, 0.3) is 0 Å². The van der Waals surface area contributed by atoms with Crippen molar-refractivity contribution < 1.29 is 19.1 Å². The van der Waals surface area contributed by atoms with Crippen LogP contribution in [0.25, 0.3) is 0 Å². The van der Waals surface area contributed by atoms with Crippen molar-refractivity contribution in [2.24, 2.45) is 5.92 Å². The Labute approximate surface area is 152 Å². The lowest BCUT2D eigenvalue weighted by Crippen LogP contribution is -2.39. The molecule has 1 aromatic carbocycles. The van der Waals surface area contributed by atoms with Gasteiger partial charge in [0, 0.05) is 19.0 Å². The molecule has 0 spiro atoms. The number of ketones is 1. The van der Waals surface area contributed by atoms with Crippen LogP contribution in [-0.2, 0) is 4.74 Å². The van der Waals surface area contributed by atoms with Crippen molar-refractivity contribution >= 4 is 17.6 Å². The van der Waals surface area contributed by atoms with Gasteiger partial charge in [-0.05, 0) is 25.0 Å². The van der Waals surface area contributed by atoms with Gasteiger partial charge in [0.1, 0.15) is 11.6 Å². The van der Waals surface area contributed by atoms with Crippen LogP contribution in [0.2, 0.25) is 0 Å². The summed E-state index contributed by atoms with van der Waals surface area (Å²) >= 11 is 0. The molecule has 1 aliphatic rings. The van der Waals surface area contributed by atoms with Crippen molar-refractivity contribution in [1.29, 1.82) is 0 Å². The van der Waals surface area contributed by atoms with E-state index in [2.05, 4.69) is 9.97 Å². The van der Waals surface area contributed by atoms with Crippen LogP contribution < -0.4 is 9.64 Å². The SMILES string of the molecule is COC(=O)c1cncc(N2CCCC(C(=O)c3ccccc3OC)C2)n1. The molecule has 0 N–H and O–H groups in total. The number of anilines is 1. The van der Waals surface area contributed by atoms with E-state index in [0.29, 0.717) is 23.7 Å². The van der Waals surface area contributed by atoms with Gasteiger partial charge in [-0.3, -0.25) is 9.78 Å². The Morgan fingerprint density at radius 2 is 2.00 bits per heavy atom. The van der Waals surface area contributed by atoms with E-state index < -0.39 is 5.97 Å². The van der Waals surface area contributed by atoms with Gasteiger partial charge in [-0.1, -0.05) is 12.1 Å². The highest BCUT2D eigenvalue weighted by molar-refractivity contribution is 6.00. The van der Waals surface area contributed by atoms with E-state index in [0.717, 1.165) is 19.4 Å². The number of methoxy groups -OCH3 is 2. The Morgan fingerprint density at radius 3 is 2.77 bits per heavy atom. The minimum atomic E-state index is -0.530. The van der Waals surface area contributed by atoms with Crippen molar-refractivity contribution in [1.82, 2.24) is 9.97 Å². The molecule has 1 fully saturated rings. The van der Waals surface area contributed by atoms with Crippen molar-refractivity contribution in [3.05, 3.63) is 47.9 Å². The molecule has 0 aliphatic carbocycles. The third-order valence-corrected chi connectivity index (χ3v) is 4.50. The van der Waals surface area contributed by atoms with Crippen LogP contribution in [0.5, 0.6) is 5.75 Å². The van der Waals surface area contributed by atoms with Crippen molar-refractivity contribution in [3.63, 3.8) is 0 Å². The Morgan fingerprint density at radius 1 is 1.19 bits per heavy atom. The molecule has 1 atom stereocenters. The van der Waals surface area contributed by atoms with Crippen LogP contribution in [0.3, 0.4) is 0 Å². The number of nitrogens with zero attached hydrogens (tertiary/aromatic N) is 3. The summed E-state index contributed by atoms with van der Waals surface area (Å²) in [5.74, 6) is 0.526. The molecule has 3 rings (SSSR count). The second kappa shape index (κ2) is 7.95. The zero-order valence-corrected chi connectivity index (χ0v) is 14.8. The maximum atomic E-state index is 13.0. The zero-order valence-electron chi connectivity index (χ0n) is 14.8. The Bertz CT molecular complexity index is 809. The molecular weight excluding hydrogens is 334 g/mol. The predicted molar refractivity (Wildman–Crippen MR) is 95.6 cm³/mol. The fourth-order valence-electron chi connectivity index (χ4n) is 3.18. The fourth-order valence-corrected chi connectivity index (χ4v) is 3.18. The number of carbonyl (C=O) groups excluding carboxylic acids is 2. The number of piperidine rings is 1. The molecule has 1 unspecified atom stereocenters. The molecule has 136 valence electrons. The first-order chi connectivity index (χ1) is 12.6. The normalized spacial score (nSPS) is 16.8. The van der Waals surface area contributed by atoms with Gasteiger partial charge in [0.05, 0.1) is 32.2 Å². The number of benzene rings is 1. The Kier molecular flexibility index (Phi) is 5.46. The molecule has 0 amide bonds. The van der Waals surface area contributed by atoms with E-state index in [-0.39, 0.29) is 17.4 Å². The van der Waals surface area contributed by atoms with Crippen molar-refractivity contribution in [3.8, 4) is 5.75 Å². The van der Waals surface area contributed by atoms with Gasteiger partial charge in [-0.25, -0.2) is 9.78 Å². The lowest BCUT2D eigenvalue weighted by Gasteiger charge is -2.32. The van der Waals surface area contributed by atoms with Crippen LogP contribution >= 0.6 is 0 Å². The first kappa shape index (κ1) is 17.8. The largest absolute Gasteiger partial charge is 0.496 e. The second-order valence-electron chi connectivity index (χ2n) is 6.10. The number of esters is 1. The first-order valence-corrected chi connectivity index (χ1v) is 8.46. The number of carbonyl (C=O) groups is 2. The lowest BCUT2D eigenvalue weighted by molar-refractivity contribution is 0.0593. The van der Waals surface area contributed by atoms with Crippen molar-refractivity contribution in [2.45, 2.75) is 12.8 Å². The quantitative estimate of drug-likeness (QED) is 0.601. The monoisotopic (exact) mass is 355 g/mol. The number of aromatic nitrogens is 2. The molecule has 2 aromatic rings. The molecule has 1 aromatic heterocycles. The summed E-state index contributed by atoms with van der Waals surface area (Å²) in [6.45, 7) is 1.28. The smallest absolute Gasteiger partial charge is 0.358 e. The van der Waals surface area contributed by atoms with E-state index in [1.807, 2.05) is 17.0 Å². The Balaban J connectivity index is 1.79. The maximum Gasteiger partial charge on any atom is 0.358 e. The van der Waals surface area contributed by atoms with Gasteiger partial charge >= 0.3 is 5.97 Å². The summed E-state index contributed by atoms with van der Waals surface area (Å²) in [7, 11) is 2.87. The van der Waals surface area contributed by atoms with Gasteiger partial charge in [0.2, 0.25) is 0 Å². The summed E-state index contributed by atoms with van der Waals surface area (Å²) in [5, 5.41) is 0. The highest BCUT2D eigenvalue weighted by Crippen LogP contribution is 2.27. The first-order valence-electron chi connectivity index (χ1n) is 8.46. The number of para-hydroxylation sites is 1. The average molecular weight is 355 g/mol. The number of ether oxygens (including phenoxy) is 2. The minimum Gasteiger partial charge on any atom is -0.496 e. The maximum absolute atomic E-state index is 13.0. The Hall–Kier alpha value is -2.96. The van der Waals surface area contributed by atoms with Crippen LogP contribution in [0, 0.1) is 5.92 Å². The summed E-state index contributed by atoms with van der Waals surface area (Å²) in [5.41, 5.74) is 0.749. The van der Waals surface area contributed by atoms with Gasteiger partial charge in [0.15, 0.2) is 11.5 Å². The standard InChI is InChI=1S/C19H21N3O4/c1-25-16-8-4-3-7-14(16)18(23)13-6-5-9-22(12-13)17-11-20-10-15(21-17)19(24)26-2/h3-4,7-8,10-11,13H,5-6,9,12H2,1-2H3. The molecule has 1 saturated heterocycles. The van der Waals surface area contributed by atoms with E-state index in [4.69, 9.17) is 9.47 Å². The van der Waals surface area contributed by atoms with Crippen molar-refractivity contribution in [2.75, 3.05) is 32.2 Å². The van der Waals surface area contributed by atoms with Crippen LogP contribution in [0.1, 0.15) is 33.7 Å². The molecule has 2 heterocycles. The average Bonchev–Trinajstić information content (AvgIpc) is 2.72. The van der Waals surface area contributed by atoms with Crippen LogP contribution in [-0.4, -0.2) is 49.0 Å². The van der Waals surface area contributed by atoms with E-state index >= 15 is 0 Å². The van der Waals surface area contributed by atoms with E-state index in [1.165, 1.54) is 13.3 Å². The number of hydrogen-bond donors (Lipinski definition) is 0.